The molecule has 1 aliphatic rings. The van der Waals surface area contributed by atoms with E-state index in [1.807, 2.05) is 0 Å². The second-order valence-corrected chi connectivity index (χ2v) is 4.57. The van der Waals surface area contributed by atoms with Crippen LogP contribution in [0.15, 0.2) is 18.2 Å². The van der Waals surface area contributed by atoms with Gasteiger partial charge < -0.3 is 10.1 Å². The van der Waals surface area contributed by atoms with Gasteiger partial charge in [0.1, 0.15) is 0 Å². The fourth-order valence-corrected chi connectivity index (χ4v) is 2.02. The molecule has 2 nitrogen and oxygen atoms in total. The van der Waals surface area contributed by atoms with Gasteiger partial charge in [-0.3, -0.25) is 0 Å². The molecule has 1 fully saturated rings. The van der Waals surface area contributed by atoms with Crippen LogP contribution in [-0.4, -0.2) is 19.2 Å². The van der Waals surface area contributed by atoms with Gasteiger partial charge in [-0.1, -0.05) is 13.0 Å². The first-order valence-electron chi connectivity index (χ1n) is 5.93. The van der Waals surface area contributed by atoms with Crippen molar-refractivity contribution in [1.82, 2.24) is 5.32 Å². The average Bonchev–Trinajstić information content (AvgIpc) is 2.32. The molecule has 0 aromatic heterocycles. The van der Waals surface area contributed by atoms with E-state index in [4.69, 9.17) is 4.74 Å². The van der Waals surface area contributed by atoms with Crippen molar-refractivity contribution in [3.63, 3.8) is 0 Å². The third-order valence-electron chi connectivity index (χ3n) is 3.20. The molecule has 1 saturated heterocycles. The van der Waals surface area contributed by atoms with E-state index in [1.54, 1.807) is 6.07 Å². The van der Waals surface area contributed by atoms with Crippen LogP contribution in [0.25, 0.3) is 0 Å². The Balaban J connectivity index is 1.90. The first-order valence-corrected chi connectivity index (χ1v) is 5.93. The molecule has 2 rings (SSSR count). The molecule has 1 N–H and O–H groups in total. The highest BCUT2D eigenvalue weighted by molar-refractivity contribution is 5.16. The van der Waals surface area contributed by atoms with Crippen molar-refractivity contribution >= 4 is 0 Å². The van der Waals surface area contributed by atoms with Crippen LogP contribution in [0.5, 0.6) is 0 Å². The average molecular weight is 241 g/mol. The number of halogens is 2. The predicted octanol–water partition coefficient (Wildman–Crippen LogP) is 2.48. The first-order chi connectivity index (χ1) is 8.16. The Morgan fingerprint density at radius 1 is 1.35 bits per heavy atom. The van der Waals surface area contributed by atoms with Crippen molar-refractivity contribution in [2.75, 3.05) is 13.1 Å². The van der Waals surface area contributed by atoms with Crippen molar-refractivity contribution in [2.45, 2.75) is 26.1 Å². The molecule has 2 unspecified atom stereocenters. The number of nitrogens with one attached hydrogen (secondary N) is 1. The zero-order valence-electron chi connectivity index (χ0n) is 9.88. The van der Waals surface area contributed by atoms with Crippen molar-refractivity contribution < 1.29 is 13.5 Å². The molecule has 0 aliphatic carbocycles. The summed E-state index contributed by atoms with van der Waals surface area (Å²) in [5.74, 6) is -1.14. The van der Waals surface area contributed by atoms with Gasteiger partial charge in [0.15, 0.2) is 11.6 Å². The highest BCUT2D eigenvalue weighted by Crippen LogP contribution is 2.17. The van der Waals surface area contributed by atoms with E-state index >= 15 is 0 Å². The van der Waals surface area contributed by atoms with E-state index in [-0.39, 0.29) is 6.10 Å². The number of benzene rings is 1. The van der Waals surface area contributed by atoms with E-state index in [0.717, 1.165) is 25.6 Å². The molecule has 94 valence electrons. The third-order valence-corrected chi connectivity index (χ3v) is 3.20. The molecular weight excluding hydrogens is 224 g/mol. The number of piperidine rings is 1. The van der Waals surface area contributed by atoms with Gasteiger partial charge in [-0.2, -0.15) is 0 Å². The Kier molecular flexibility index (Phi) is 4.07. The van der Waals surface area contributed by atoms with Gasteiger partial charge in [0, 0.05) is 6.54 Å². The molecule has 0 radical (unpaired) electrons. The summed E-state index contributed by atoms with van der Waals surface area (Å²) < 4.78 is 31.4. The minimum absolute atomic E-state index is 0.150. The maximum absolute atomic E-state index is 13.0. The Labute approximate surface area is 100.0 Å². The normalized spacial score (nSPS) is 24.9. The van der Waals surface area contributed by atoms with Gasteiger partial charge in [0.05, 0.1) is 12.7 Å². The summed E-state index contributed by atoms with van der Waals surface area (Å²) in [5.41, 5.74) is 0.668. The van der Waals surface area contributed by atoms with Crippen molar-refractivity contribution in [1.29, 1.82) is 0 Å². The molecule has 2 atom stereocenters. The van der Waals surface area contributed by atoms with Gasteiger partial charge in [0.25, 0.3) is 0 Å². The molecular formula is C13H17F2NO. The summed E-state index contributed by atoms with van der Waals surface area (Å²) in [6.07, 6.45) is 1.24. The molecule has 1 aliphatic heterocycles. The number of rotatable bonds is 3. The van der Waals surface area contributed by atoms with Gasteiger partial charge in [-0.25, -0.2) is 8.78 Å². The standard InChI is InChI=1S/C13H17F2NO/c1-9-4-5-16-7-13(9)17-8-10-2-3-11(14)12(15)6-10/h2-3,6,9,13,16H,4-5,7-8H2,1H3. The fourth-order valence-electron chi connectivity index (χ4n) is 2.02. The summed E-state index contributed by atoms with van der Waals surface area (Å²) in [5, 5.41) is 3.26. The van der Waals surface area contributed by atoms with E-state index < -0.39 is 11.6 Å². The molecule has 17 heavy (non-hydrogen) atoms. The van der Waals surface area contributed by atoms with Gasteiger partial charge in [0.2, 0.25) is 0 Å². The van der Waals surface area contributed by atoms with Crippen molar-refractivity contribution in [3.8, 4) is 0 Å². The predicted molar refractivity (Wildman–Crippen MR) is 61.6 cm³/mol. The lowest BCUT2D eigenvalue weighted by molar-refractivity contribution is -0.00669. The van der Waals surface area contributed by atoms with Crippen molar-refractivity contribution in [3.05, 3.63) is 35.4 Å². The maximum atomic E-state index is 13.0. The minimum atomic E-state index is -0.819. The summed E-state index contributed by atoms with van der Waals surface area (Å²) in [6.45, 7) is 4.32. The summed E-state index contributed by atoms with van der Waals surface area (Å²) >= 11 is 0. The summed E-state index contributed by atoms with van der Waals surface area (Å²) in [7, 11) is 0. The fraction of sp³-hybridized carbons (Fsp3) is 0.538. The molecule has 1 aromatic rings. The van der Waals surface area contributed by atoms with Crippen LogP contribution in [0.2, 0.25) is 0 Å². The van der Waals surface area contributed by atoms with Gasteiger partial charge in [-0.05, 0) is 36.6 Å². The monoisotopic (exact) mass is 241 g/mol. The molecule has 4 heteroatoms. The molecule has 0 bridgehead atoms. The SMILES string of the molecule is CC1CCNCC1OCc1ccc(F)c(F)c1. The summed E-state index contributed by atoms with van der Waals surface area (Å²) in [6, 6.07) is 3.88. The van der Waals surface area contributed by atoms with E-state index in [2.05, 4.69) is 12.2 Å². The van der Waals surface area contributed by atoms with Crippen LogP contribution >= 0.6 is 0 Å². The lowest BCUT2D eigenvalue weighted by atomic mass is 9.97. The maximum Gasteiger partial charge on any atom is 0.159 e. The highest BCUT2D eigenvalue weighted by atomic mass is 19.2. The zero-order valence-corrected chi connectivity index (χ0v) is 9.88. The Hall–Kier alpha value is -1.00. The first kappa shape index (κ1) is 12.5. The van der Waals surface area contributed by atoms with Crippen molar-refractivity contribution in [2.24, 2.45) is 5.92 Å². The lowest BCUT2D eigenvalue weighted by Gasteiger charge is -2.29. The molecule has 1 heterocycles. The number of ether oxygens (including phenoxy) is 1. The zero-order chi connectivity index (χ0) is 12.3. The Bertz CT molecular complexity index is 384. The summed E-state index contributed by atoms with van der Waals surface area (Å²) in [4.78, 5) is 0. The van der Waals surface area contributed by atoms with Crippen LogP contribution in [-0.2, 0) is 11.3 Å². The highest BCUT2D eigenvalue weighted by Gasteiger charge is 2.21. The van der Waals surface area contributed by atoms with Crippen LogP contribution in [0.3, 0.4) is 0 Å². The second-order valence-electron chi connectivity index (χ2n) is 4.57. The van der Waals surface area contributed by atoms with Gasteiger partial charge >= 0.3 is 0 Å². The lowest BCUT2D eigenvalue weighted by Crippen LogP contribution is -2.40. The molecule has 0 saturated carbocycles. The van der Waals surface area contributed by atoms with Crippen LogP contribution in [0.1, 0.15) is 18.9 Å². The Morgan fingerprint density at radius 3 is 2.88 bits per heavy atom. The van der Waals surface area contributed by atoms with E-state index in [1.165, 1.54) is 6.07 Å². The van der Waals surface area contributed by atoms with Crippen LogP contribution in [0.4, 0.5) is 8.78 Å². The van der Waals surface area contributed by atoms with Gasteiger partial charge in [-0.15, -0.1) is 0 Å². The van der Waals surface area contributed by atoms with E-state index in [0.29, 0.717) is 18.1 Å². The number of hydrogen-bond donors (Lipinski definition) is 1. The topological polar surface area (TPSA) is 21.3 Å². The third kappa shape index (κ3) is 3.23. The van der Waals surface area contributed by atoms with Crippen LogP contribution < -0.4 is 5.32 Å². The van der Waals surface area contributed by atoms with Crippen LogP contribution in [0, 0.1) is 17.6 Å². The minimum Gasteiger partial charge on any atom is -0.372 e. The van der Waals surface area contributed by atoms with E-state index in [9.17, 15) is 8.78 Å². The molecule has 0 spiro atoms. The molecule has 1 aromatic carbocycles. The largest absolute Gasteiger partial charge is 0.372 e. The number of hydrogen-bond acceptors (Lipinski definition) is 2. The molecule has 0 amide bonds. The Morgan fingerprint density at radius 2 is 2.18 bits per heavy atom. The smallest absolute Gasteiger partial charge is 0.159 e. The quantitative estimate of drug-likeness (QED) is 0.877. The second kappa shape index (κ2) is 5.56.